The molecule has 0 bridgehead atoms. The van der Waals surface area contributed by atoms with Gasteiger partial charge < -0.3 is 0 Å². The van der Waals surface area contributed by atoms with E-state index < -0.39 is 0 Å². The lowest BCUT2D eigenvalue weighted by Gasteiger charge is -2.53. The molecule has 0 radical (unpaired) electrons. The molecule has 0 nitrogen and oxygen atoms in total. The normalized spacial score (nSPS) is 41.9. The van der Waals surface area contributed by atoms with Crippen molar-refractivity contribution in [2.75, 3.05) is 0 Å². The fourth-order valence-corrected chi connectivity index (χ4v) is 7.15. The van der Waals surface area contributed by atoms with E-state index in [0.29, 0.717) is 5.41 Å². The first kappa shape index (κ1) is 17.8. The summed E-state index contributed by atoms with van der Waals surface area (Å²) in [5, 5.41) is 0. The van der Waals surface area contributed by atoms with Crippen LogP contribution in [0.2, 0.25) is 0 Å². The van der Waals surface area contributed by atoms with E-state index in [9.17, 15) is 0 Å². The fourth-order valence-electron chi connectivity index (χ4n) is 7.15. The van der Waals surface area contributed by atoms with E-state index in [1.807, 2.05) is 0 Å². The summed E-state index contributed by atoms with van der Waals surface area (Å²) in [6.07, 6.45) is 21.3. The van der Waals surface area contributed by atoms with Crippen LogP contribution in [0.4, 0.5) is 0 Å². The van der Waals surface area contributed by atoms with Gasteiger partial charge in [-0.1, -0.05) is 78.6 Å². The molecule has 0 spiro atoms. The maximum atomic E-state index is 2.74. The molecule has 0 amide bonds. The zero-order chi connectivity index (χ0) is 16.3. The van der Waals surface area contributed by atoms with Gasteiger partial charge in [0.1, 0.15) is 0 Å². The lowest BCUT2D eigenvalue weighted by atomic mass is 9.52. The van der Waals surface area contributed by atoms with Gasteiger partial charge in [-0.05, 0) is 67.1 Å². The third kappa shape index (κ3) is 3.82. The van der Waals surface area contributed by atoms with Gasteiger partial charge in [-0.3, -0.25) is 0 Å². The molecule has 3 rings (SSSR count). The summed E-state index contributed by atoms with van der Waals surface area (Å²) in [4.78, 5) is 0. The second-order valence-corrected chi connectivity index (χ2v) is 9.81. The quantitative estimate of drug-likeness (QED) is 0.472. The highest BCUT2D eigenvalue weighted by Crippen LogP contribution is 2.60. The molecule has 0 aliphatic heterocycles. The highest BCUT2D eigenvalue weighted by atomic mass is 14.6. The van der Waals surface area contributed by atoms with Crippen molar-refractivity contribution in [3.8, 4) is 0 Å². The van der Waals surface area contributed by atoms with Crippen molar-refractivity contribution >= 4 is 0 Å². The minimum atomic E-state index is 0.672. The molecule has 3 aliphatic rings. The Kier molecular flexibility index (Phi) is 6.13. The van der Waals surface area contributed by atoms with Crippen LogP contribution in [0.5, 0.6) is 0 Å². The zero-order valence-electron chi connectivity index (χ0n) is 16.3. The minimum absolute atomic E-state index is 0.672. The van der Waals surface area contributed by atoms with Crippen LogP contribution in [0.1, 0.15) is 111 Å². The lowest BCUT2D eigenvalue weighted by Crippen LogP contribution is -2.45. The smallest absolute Gasteiger partial charge is 0.0264 e. The Morgan fingerprint density at radius 1 is 0.913 bits per heavy atom. The summed E-state index contributed by atoms with van der Waals surface area (Å²) in [5.74, 6) is 5.23. The summed E-state index contributed by atoms with van der Waals surface area (Å²) in [6, 6.07) is 0. The van der Waals surface area contributed by atoms with E-state index in [4.69, 9.17) is 0 Å². The summed E-state index contributed by atoms with van der Waals surface area (Å²) in [6.45, 7) is 7.73. The molecule has 5 unspecified atom stereocenters. The Labute approximate surface area is 146 Å². The first-order chi connectivity index (χ1) is 11.1. The monoisotopic (exact) mass is 318 g/mol. The molecular weight excluding hydrogens is 276 g/mol. The van der Waals surface area contributed by atoms with Crippen molar-refractivity contribution in [2.24, 2.45) is 35.0 Å². The first-order valence-electron chi connectivity index (χ1n) is 11.1. The molecule has 0 aromatic rings. The summed E-state index contributed by atoms with van der Waals surface area (Å²) in [5.41, 5.74) is 0.672. The average Bonchev–Trinajstić information content (AvgIpc) is 3.03. The molecule has 134 valence electrons. The van der Waals surface area contributed by atoms with Crippen molar-refractivity contribution in [1.29, 1.82) is 0 Å². The number of hydrogen-bond acceptors (Lipinski definition) is 0. The topological polar surface area (TPSA) is 0 Å². The predicted octanol–water partition coefficient (Wildman–Crippen LogP) is 7.62. The van der Waals surface area contributed by atoms with Gasteiger partial charge in [-0.25, -0.2) is 0 Å². The van der Waals surface area contributed by atoms with Gasteiger partial charge in [0.15, 0.2) is 0 Å². The Hall–Kier alpha value is 0. The molecule has 5 atom stereocenters. The molecule has 0 N–H and O–H groups in total. The minimum Gasteiger partial charge on any atom is -0.0654 e. The van der Waals surface area contributed by atoms with Gasteiger partial charge in [0.25, 0.3) is 0 Å². The molecule has 0 heteroatoms. The Morgan fingerprint density at radius 2 is 1.70 bits per heavy atom. The maximum Gasteiger partial charge on any atom is -0.0264 e. The Balaban J connectivity index is 1.70. The van der Waals surface area contributed by atoms with Crippen molar-refractivity contribution in [1.82, 2.24) is 0 Å². The largest absolute Gasteiger partial charge is 0.0654 e. The molecular formula is C23H42. The number of unbranched alkanes of at least 4 members (excludes halogenated alkanes) is 1. The van der Waals surface area contributed by atoms with Crippen molar-refractivity contribution in [2.45, 2.75) is 111 Å². The van der Waals surface area contributed by atoms with E-state index in [2.05, 4.69) is 20.8 Å². The molecule has 3 fully saturated rings. The fraction of sp³-hybridized carbons (Fsp3) is 1.00. The summed E-state index contributed by atoms with van der Waals surface area (Å²) in [7, 11) is 0. The second kappa shape index (κ2) is 7.92. The van der Waals surface area contributed by atoms with Crippen LogP contribution in [0.3, 0.4) is 0 Å². The Bertz CT molecular complexity index is 353. The van der Waals surface area contributed by atoms with Crippen LogP contribution >= 0.6 is 0 Å². The van der Waals surface area contributed by atoms with Crippen LogP contribution in [-0.2, 0) is 0 Å². The van der Waals surface area contributed by atoms with Crippen LogP contribution < -0.4 is 0 Å². The highest BCUT2D eigenvalue weighted by Gasteiger charge is 2.51. The molecule has 3 saturated carbocycles. The van der Waals surface area contributed by atoms with Crippen molar-refractivity contribution < 1.29 is 0 Å². The number of rotatable bonds is 6. The molecule has 0 heterocycles. The van der Waals surface area contributed by atoms with E-state index in [0.717, 1.165) is 29.6 Å². The van der Waals surface area contributed by atoms with Crippen molar-refractivity contribution in [3.05, 3.63) is 0 Å². The van der Waals surface area contributed by atoms with Gasteiger partial charge in [-0.15, -0.1) is 0 Å². The highest BCUT2D eigenvalue weighted by molar-refractivity contribution is 5.01. The average molecular weight is 319 g/mol. The third-order valence-corrected chi connectivity index (χ3v) is 8.40. The second-order valence-electron chi connectivity index (χ2n) is 9.81. The Morgan fingerprint density at radius 3 is 2.43 bits per heavy atom. The van der Waals surface area contributed by atoms with E-state index >= 15 is 0 Å². The van der Waals surface area contributed by atoms with Crippen molar-refractivity contribution in [3.63, 3.8) is 0 Å². The summed E-state index contributed by atoms with van der Waals surface area (Å²) < 4.78 is 0. The van der Waals surface area contributed by atoms with Gasteiger partial charge >= 0.3 is 0 Å². The van der Waals surface area contributed by atoms with E-state index in [1.165, 1.54) is 44.9 Å². The van der Waals surface area contributed by atoms with Crippen LogP contribution in [0, 0.1) is 35.0 Å². The molecule has 23 heavy (non-hydrogen) atoms. The van der Waals surface area contributed by atoms with Crippen LogP contribution in [-0.4, -0.2) is 0 Å². The third-order valence-electron chi connectivity index (χ3n) is 8.40. The standard InChI is InChI=1S/C23H42/c1-4-5-13-21-18(2)17-20-12-9-14-22(20)23(21,3)16-15-19-10-7-6-8-11-19/h18-22H,4-17H2,1-3H3. The number of hydrogen-bond donors (Lipinski definition) is 0. The van der Waals surface area contributed by atoms with E-state index in [-0.39, 0.29) is 0 Å². The van der Waals surface area contributed by atoms with Gasteiger partial charge in [-0.2, -0.15) is 0 Å². The van der Waals surface area contributed by atoms with Crippen LogP contribution in [0.25, 0.3) is 0 Å². The van der Waals surface area contributed by atoms with E-state index in [1.54, 1.807) is 44.9 Å². The zero-order valence-corrected chi connectivity index (χ0v) is 16.3. The first-order valence-corrected chi connectivity index (χ1v) is 11.1. The summed E-state index contributed by atoms with van der Waals surface area (Å²) >= 11 is 0. The SMILES string of the molecule is CCCCC1C(C)CC2CCCC2C1(C)CCC1CCCCC1. The molecule has 0 aromatic carbocycles. The van der Waals surface area contributed by atoms with Gasteiger partial charge in [0.05, 0.1) is 0 Å². The van der Waals surface area contributed by atoms with Gasteiger partial charge in [0, 0.05) is 0 Å². The molecule has 0 saturated heterocycles. The predicted molar refractivity (Wildman–Crippen MR) is 102 cm³/mol. The number of fused-ring (bicyclic) bond motifs is 1. The lowest BCUT2D eigenvalue weighted by molar-refractivity contribution is -0.0408. The maximum absolute atomic E-state index is 2.74. The van der Waals surface area contributed by atoms with Gasteiger partial charge in [0.2, 0.25) is 0 Å². The molecule has 0 aromatic heterocycles. The molecule has 3 aliphatic carbocycles. The van der Waals surface area contributed by atoms with Crippen LogP contribution in [0.15, 0.2) is 0 Å².